The van der Waals surface area contributed by atoms with Crippen LogP contribution in [0.25, 0.3) is 0 Å². The lowest BCUT2D eigenvalue weighted by atomic mass is 9.87. The summed E-state index contributed by atoms with van der Waals surface area (Å²) in [5.41, 5.74) is 3.10. The van der Waals surface area contributed by atoms with Crippen molar-refractivity contribution in [1.29, 1.82) is 0 Å². The molecule has 4 nitrogen and oxygen atoms in total. The third-order valence-electron chi connectivity index (χ3n) is 5.51. The first-order valence-corrected chi connectivity index (χ1v) is 10.5. The molecule has 30 heavy (non-hydrogen) atoms. The highest BCUT2D eigenvalue weighted by atomic mass is 16.5. The van der Waals surface area contributed by atoms with Crippen LogP contribution in [0.2, 0.25) is 0 Å². The first-order valence-electron chi connectivity index (χ1n) is 10.5. The van der Waals surface area contributed by atoms with Gasteiger partial charge in [-0.2, -0.15) is 0 Å². The van der Waals surface area contributed by atoms with Crippen LogP contribution >= 0.6 is 0 Å². The third-order valence-corrected chi connectivity index (χ3v) is 5.51. The van der Waals surface area contributed by atoms with Gasteiger partial charge in [-0.25, -0.2) is 0 Å². The van der Waals surface area contributed by atoms with Crippen molar-refractivity contribution in [1.82, 2.24) is 5.32 Å². The summed E-state index contributed by atoms with van der Waals surface area (Å²) in [7, 11) is 0. The second-order valence-electron chi connectivity index (χ2n) is 7.58. The van der Waals surface area contributed by atoms with Crippen molar-refractivity contribution in [2.24, 2.45) is 0 Å². The van der Waals surface area contributed by atoms with Crippen LogP contribution in [0.4, 0.5) is 0 Å². The molecule has 4 rings (SSSR count). The van der Waals surface area contributed by atoms with Gasteiger partial charge in [0.1, 0.15) is 5.75 Å². The lowest BCUT2D eigenvalue weighted by Gasteiger charge is -2.32. The average molecular weight is 402 g/mol. The Bertz CT molecular complexity index is 926. The molecule has 1 heterocycles. The van der Waals surface area contributed by atoms with Crippen LogP contribution in [0.3, 0.4) is 0 Å². The Morgan fingerprint density at radius 3 is 2.33 bits per heavy atom. The van der Waals surface area contributed by atoms with E-state index < -0.39 is 0 Å². The topological polar surface area (TPSA) is 47.6 Å². The van der Waals surface area contributed by atoms with Crippen molar-refractivity contribution in [2.75, 3.05) is 19.7 Å². The Morgan fingerprint density at radius 2 is 1.60 bits per heavy atom. The summed E-state index contributed by atoms with van der Waals surface area (Å²) in [5, 5.41) is 3.44. The molecule has 0 unspecified atom stereocenters. The molecule has 0 amide bonds. The summed E-state index contributed by atoms with van der Waals surface area (Å²) in [4.78, 5) is 12.2. The van der Waals surface area contributed by atoms with Crippen LogP contribution in [-0.2, 0) is 11.3 Å². The summed E-state index contributed by atoms with van der Waals surface area (Å²) in [5.74, 6) is 1.03. The van der Waals surface area contributed by atoms with Crippen LogP contribution in [0.15, 0.2) is 84.9 Å². The van der Waals surface area contributed by atoms with Crippen molar-refractivity contribution in [2.45, 2.75) is 25.0 Å². The van der Waals surface area contributed by atoms with Gasteiger partial charge in [-0.3, -0.25) is 4.79 Å². The Morgan fingerprint density at radius 1 is 0.900 bits per heavy atom. The summed E-state index contributed by atoms with van der Waals surface area (Å²) >= 11 is 0. The Hall–Kier alpha value is -2.95. The number of nitrogens with one attached hydrogen (secondary N) is 1. The van der Waals surface area contributed by atoms with Crippen LogP contribution in [0, 0.1) is 0 Å². The zero-order valence-corrected chi connectivity index (χ0v) is 17.0. The highest BCUT2D eigenvalue weighted by Crippen LogP contribution is 2.29. The van der Waals surface area contributed by atoms with Gasteiger partial charge in [-0.15, -0.1) is 0 Å². The smallest absolute Gasteiger partial charge is 0.200 e. The van der Waals surface area contributed by atoms with Gasteiger partial charge in [-0.1, -0.05) is 72.8 Å². The maximum Gasteiger partial charge on any atom is 0.200 e. The fourth-order valence-corrected chi connectivity index (χ4v) is 3.83. The summed E-state index contributed by atoms with van der Waals surface area (Å²) in [6, 6.07) is 27.6. The van der Waals surface area contributed by atoms with E-state index in [1.807, 2.05) is 60.7 Å². The van der Waals surface area contributed by atoms with Crippen LogP contribution in [-0.4, -0.2) is 31.6 Å². The molecular formula is C26H27NO3. The molecule has 154 valence electrons. The van der Waals surface area contributed by atoms with Crippen molar-refractivity contribution in [3.8, 4) is 5.75 Å². The van der Waals surface area contributed by atoms with Crippen molar-refractivity contribution >= 4 is 5.78 Å². The van der Waals surface area contributed by atoms with E-state index >= 15 is 0 Å². The van der Waals surface area contributed by atoms with Crippen LogP contribution in [0.5, 0.6) is 5.75 Å². The predicted octanol–water partition coefficient (Wildman–Crippen LogP) is 4.61. The number of carbonyl (C=O) groups excluding carboxylic acids is 1. The fourth-order valence-electron chi connectivity index (χ4n) is 3.83. The minimum atomic E-state index is -0.0209. The van der Waals surface area contributed by atoms with Gasteiger partial charge in [0.15, 0.2) is 12.4 Å². The molecule has 1 fully saturated rings. The van der Waals surface area contributed by atoms with Gasteiger partial charge in [0.2, 0.25) is 0 Å². The quantitative estimate of drug-likeness (QED) is 0.560. The molecule has 0 aromatic heterocycles. The van der Waals surface area contributed by atoms with E-state index in [1.165, 1.54) is 11.1 Å². The van der Waals surface area contributed by atoms with Crippen molar-refractivity contribution in [3.05, 3.63) is 102 Å². The monoisotopic (exact) mass is 401 g/mol. The van der Waals surface area contributed by atoms with Gasteiger partial charge in [0.25, 0.3) is 0 Å². The number of rotatable bonds is 8. The molecule has 1 saturated heterocycles. The summed E-state index contributed by atoms with van der Waals surface area (Å²) < 4.78 is 12.0. The van der Waals surface area contributed by atoms with E-state index in [4.69, 9.17) is 9.47 Å². The Kier molecular flexibility index (Phi) is 6.91. The molecule has 3 aromatic carbocycles. The van der Waals surface area contributed by atoms with Crippen LogP contribution in [0.1, 0.15) is 33.8 Å². The fraction of sp³-hybridized carbons (Fsp3) is 0.269. The number of ketones is 1. The maximum absolute atomic E-state index is 12.2. The first-order chi connectivity index (χ1) is 14.8. The van der Waals surface area contributed by atoms with E-state index in [0.717, 1.165) is 19.5 Å². The molecule has 1 aliphatic rings. The summed E-state index contributed by atoms with van der Waals surface area (Å²) in [6.07, 6.45) is 1.16. The predicted molar refractivity (Wildman–Crippen MR) is 118 cm³/mol. The number of ether oxygens (including phenoxy) is 2. The summed E-state index contributed by atoms with van der Waals surface area (Å²) in [6.45, 7) is 2.49. The van der Waals surface area contributed by atoms with E-state index in [0.29, 0.717) is 23.8 Å². The Balaban J connectivity index is 1.35. The highest BCUT2D eigenvalue weighted by Gasteiger charge is 2.27. The molecule has 0 saturated carbocycles. The molecule has 0 bridgehead atoms. The second-order valence-corrected chi connectivity index (χ2v) is 7.58. The molecule has 4 heteroatoms. The molecule has 1 aliphatic heterocycles. The Labute approximate surface area is 177 Å². The minimum Gasteiger partial charge on any atom is -0.485 e. The minimum absolute atomic E-state index is 0.0209. The van der Waals surface area contributed by atoms with Gasteiger partial charge in [-0.05, 0) is 36.2 Å². The number of Topliss-reactive ketones (excluding diaryl/α,β-unsaturated/α-hetero) is 1. The number of hydrogen-bond donors (Lipinski definition) is 1. The zero-order chi connectivity index (χ0) is 20.6. The average Bonchev–Trinajstić information content (AvgIpc) is 2.83. The molecule has 0 radical (unpaired) electrons. The van der Waals surface area contributed by atoms with Crippen molar-refractivity contribution < 1.29 is 14.3 Å². The first kappa shape index (κ1) is 20.3. The maximum atomic E-state index is 12.2. The second kappa shape index (κ2) is 10.2. The molecule has 1 N–H and O–H groups in total. The number of benzene rings is 3. The van der Waals surface area contributed by atoms with Gasteiger partial charge >= 0.3 is 0 Å². The van der Waals surface area contributed by atoms with Gasteiger partial charge in [0.05, 0.1) is 12.7 Å². The highest BCUT2D eigenvalue weighted by molar-refractivity contribution is 5.97. The largest absolute Gasteiger partial charge is 0.485 e. The number of carbonyl (C=O) groups is 1. The molecule has 3 aromatic rings. The normalized spacial score (nSPS) is 18.7. The number of piperidine rings is 1. The number of hydrogen-bond acceptors (Lipinski definition) is 4. The lowest BCUT2D eigenvalue weighted by molar-refractivity contribution is 0.0106. The van der Waals surface area contributed by atoms with Gasteiger partial charge in [0, 0.05) is 18.0 Å². The van der Waals surface area contributed by atoms with Crippen molar-refractivity contribution in [3.63, 3.8) is 0 Å². The van der Waals surface area contributed by atoms with E-state index in [1.54, 1.807) is 0 Å². The molecule has 0 aliphatic carbocycles. The van der Waals surface area contributed by atoms with E-state index in [9.17, 15) is 4.79 Å². The van der Waals surface area contributed by atoms with Gasteiger partial charge < -0.3 is 14.8 Å². The standard InChI is InChI=1S/C26H27NO3/c28-25(22-9-5-2-6-10-22)19-29-23-13-11-21(12-14-23)24-15-16-27-17-26(24)30-18-20-7-3-1-4-8-20/h1-14,24,26-27H,15-19H2/t24-,26+/m1/s1. The van der Waals surface area contributed by atoms with E-state index in [-0.39, 0.29) is 18.5 Å². The molecule has 0 spiro atoms. The molecular weight excluding hydrogens is 374 g/mol. The van der Waals surface area contributed by atoms with Crippen LogP contribution < -0.4 is 10.1 Å². The lowest BCUT2D eigenvalue weighted by Crippen LogP contribution is -2.40. The third kappa shape index (κ3) is 5.35. The SMILES string of the molecule is O=C(COc1ccc([C@H]2CCNC[C@@H]2OCc2ccccc2)cc1)c1ccccc1. The van der Waals surface area contributed by atoms with E-state index in [2.05, 4.69) is 29.6 Å². The molecule has 2 atom stereocenters. The zero-order valence-electron chi connectivity index (χ0n) is 17.0.